The Balaban J connectivity index is 1.66. The van der Waals surface area contributed by atoms with Crippen LogP contribution in [0.3, 0.4) is 0 Å². The molecule has 0 aromatic carbocycles. The summed E-state index contributed by atoms with van der Waals surface area (Å²) in [5.74, 6) is 2.45. The summed E-state index contributed by atoms with van der Waals surface area (Å²) in [5, 5.41) is 10.4. The fourth-order valence-electron chi connectivity index (χ4n) is 7.11. The third-order valence-electron chi connectivity index (χ3n) is 8.51. The SMILES string of the molecule is C[C@]12CCC(=O)[C@@H](O)[C@@H]1CC[C@H]1[C@H]2CC[C@]2(C)C(=O)CCC[C@@H]12. The molecule has 0 saturated heterocycles. The van der Waals surface area contributed by atoms with Gasteiger partial charge in [-0.1, -0.05) is 13.8 Å². The fraction of sp³-hybridized carbons (Fsp3) is 0.900. The number of rotatable bonds is 0. The van der Waals surface area contributed by atoms with E-state index in [4.69, 9.17) is 0 Å². The fourth-order valence-corrected chi connectivity index (χ4v) is 7.11. The number of carbonyl (C=O) groups is 2. The zero-order valence-corrected chi connectivity index (χ0v) is 14.5. The molecule has 1 N–H and O–H groups in total. The van der Waals surface area contributed by atoms with E-state index in [2.05, 4.69) is 13.8 Å². The van der Waals surface area contributed by atoms with Gasteiger partial charge in [-0.2, -0.15) is 0 Å². The zero-order valence-electron chi connectivity index (χ0n) is 14.5. The van der Waals surface area contributed by atoms with Crippen molar-refractivity contribution in [2.75, 3.05) is 0 Å². The van der Waals surface area contributed by atoms with Crippen molar-refractivity contribution >= 4 is 11.6 Å². The lowest BCUT2D eigenvalue weighted by atomic mass is 9.42. The lowest BCUT2D eigenvalue weighted by Gasteiger charge is -2.61. The third-order valence-corrected chi connectivity index (χ3v) is 8.51. The van der Waals surface area contributed by atoms with E-state index in [0.717, 1.165) is 44.9 Å². The van der Waals surface area contributed by atoms with E-state index in [1.165, 1.54) is 6.42 Å². The van der Waals surface area contributed by atoms with Crippen molar-refractivity contribution in [1.82, 2.24) is 0 Å². The van der Waals surface area contributed by atoms with E-state index >= 15 is 0 Å². The van der Waals surface area contributed by atoms with E-state index < -0.39 is 6.10 Å². The number of hydrogen-bond donors (Lipinski definition) is 1. The molecule has 0 unspecified atom stereocenters. The van der Waals surface area contributed by atoms with Gasteiger partial charge < -0.3 is 5.11 Å². The maximum Gasteiger partial charge on any atom is 0.161 e. The number of carbonyl (C=O) groups excluding carboxylic acids is 2. The predicted octanol–water partition coefficient (Wildman–Crippen LogP) is 3.53. The second kappa shape index (κ2) is 5.15. The molecule has 0 aromatic rings. The minimum atomic E-state index is -0.740. The predicted molar refractivity (Wildman–Crippen MR) is 87.7 cm³/mol. The largest absolute Gasteiger partial charge is 0.385 e. The zero-order chi connectivity index (χ0) is 16.4. The summed E-state index contributed by atoms with van der Waals surface area (Å²) < 4.78 is 0. The summed E-state index contributed by atoms with van der Waals surface area (Å²) >= 11 is 0. The van der Waals surface area contributed by atoms with Crippen molar-refractivity contribution in [2.45, 2.75) is 77.7 Å². The molecular weight excluding hydrogens is 288 g/mol. The number of ketones is 2. The molecular formula is C20H30O3. The summed E-state index contributed by atoms with van der Waals surface area (Å²) in [4.78, 5) is 24.6. The van der Waals surface area contributed by atoms with Crippen LogP contribution in [0.1, 0.15) is 71.6 Å². The first-order valence-corrected chi connectivity index (χ1v) is 9.62. The van der Waals surface area contributed by atoms with Crippen LogP contribution in [0.25, 0.3) is 0 Å². The van der Waals surface area contributed by atoms with E-state index in [-0.39, 0.29) is 22.5 Å². The van der Waals surface area contributed by atoms with Crippen LogP contribution in [-0.4, -0.2) is 22.8 Å². The van der Waals surface area contributed by atoms with Gasteiger partial charge in [0.15, 0.2) is 5.78 Å². The molecule has 23 heavy (non-hydrogen) atoms. The summed E-state index contributed by atoms with van der Waals surface area (Å²) in [7, 11) is 0. The number of aliphatic hydroxyl groups is 1. The number of fused-ring (bicyclic) bond motifs is 5. The van der Waals surface area contributed by atoms with Gasteiger partial charge in [0.25, 0.3) is 0 Å². The topological polar surface area (TPSA) is 54.4 Å². The molecule has 4 saturated carbocycles. The van der Waals surface area contributed by atoms with Gasteiger partial charge in [-0.25, -0.2) is 0 Å². The van der Waals surface area contributed by atoms with Crippen LogP contribution in [0.5, 0.6) is 0 Å². The Morgan fingerprint density at radius 2 is 1.70 bits per heavy atom. The monoisotopic (exact) mass is 318 g/mol. The van der Waals surface area contributed by atoms with Crippen molar-refractivity contribution in [2.24, 2.45) is 34.5 Å². The van der Waals surface area contributed by atoms with Crippen LogP contribution in [0.15, 0.2) is 0 Å². The quantitative estimate of drug-likeness (QED) is 0.743. The molecule has 0 heterocycles. The van der Waals surface area contributed by atoms with Crippen molar-refractivity contribution in [1.29, 1.82) is 0 Å². The van der Waals surface area contributed by atoms with Crippen molar-refractivity contribution < 1.29 is 14.7 Å². The van der Waals surface area contributed by atoms with Crippen LogP contribution >= 0.6 is 0 Å². The van der Waals surface area contributed by atoms with E-state index in [9.17, 15) is 14.7 Å². The Hall–Kier alpha value is -0.700. The normalized spacial score (nSPS) is 53.3. The maximum absolute atomic E-state index is 12.6. The van der Waals surface area contributed by atoms with Crippen LogP contribution in [0, 0.1) is 34.5 Å². The van der Waals surface area contributed by atoms with Crippen molar-refractivity contribution in [3.05, 3.63) is 0 Å². The second-order valence-corrected chi connectivity index (χ2v) is 9.25. The molecule has 4 aliphatic rings. The highest BCUT2D eigenvalue weighted by atomic mass is 16.3. The molecule has 0 bridgehead atoms. The Kier molecular flexibility index (Phi) is 3.54. The summed E-state index contributed by atoms with van der Waals surface area (Å²) in [6.45, 7) is 4.56. The molecule has 0 radical (unpaired) electrons. The summed E-state index contributed by atoms with van der Waals surface area (Å²) in [6.07, 6.45) is 7.96. The van der Waals surface area contributed by atoms with Crippen LogP contribution in [0.4, 0.5) is 0 Å². The Morgan fingerprint density at radius 1 is 0.913 bits per heavy atom. The standard InChI is InChI=1S/C20H30O3/c1-19-11-9-16(21)18(23)15(19)7-6-12-13-4-3-5-17(22)20(13,2)10-8-14(12)19/h12-15,18,23H,3-11H2,1-2H3/t12-,13+,14-,15+,18+,19-,20+/m1/s1. The van der Waals surface area contributed by atoms with Crippen LogP contribution in [-0.2, 0) is 9.59 Å². The highest BCUT2D eigenvalue weighted by Gasteiger charge is 2.60. The first-order chi connectivity index (χ1) is 10.9. The highest BCUT2D eigenvalue weighted by molar-refractivity contribution is 5.86. The molecule has 4 aliphatic carbocycles. The van der Waals surface area contributed by atoms with Gasteiger partial charge in [0.05, 0.1) is 0 Å². The van der Waals surface area contributed by atoms with Gasteiger partial charge in [0.1, 0.15) is 11.9 Å². The Morgan fingerprint density at radius 3 is 2.48 bits per heavy atom. The number of hydrogen-bond acceptors (Lipinski definition) is 3. The van der Waals surface area contributed by atoms with E-state index in [0.29, 0.717) is 30.0 Å². The molecule has 3 heteroatoms. The van der Waals surface area contributed by atoms with Gasteiger partial charge in [-0.15, -0.1) is 0 Å². The van der Waals surface area contributed by atoms with Crippen LogP contribution in [0.2, 0.25) is 0 Å². The molecule has 0 aromatic heterocycles. The van der Waals surface area contributed by atoms with Gasteiger partial charge in [0, 0.05) is 18.3 Å². The van der Waals surface area contributed by atoms with Crippen LogP contribution < -0.4 is 0 Å². The molecule has 7 atom stereocenters. The lowest BCUT2D eigenvalue weighted by molar-refractivity contribution is -0.170. The Labute approximate surface area is 139 Å². The summed E-state index contributed by atoms with van der Waals surface area (Å²) in [5.41, 5.74) is 0.00375. The van der Waals surface area contributed by atoms with Gasteiger partial charge in [0.2, 0.25) is 0 Å². The van der Waals surface area contributed by atoms with E-state index in [1.807, 2.05) is 0 Å². The average molecular weight is 318 g/mol. The average Bonchev–Trinajstić information content (AvgIpc) is 2.52. The molecule has 4 rings (SSSR count). The molecule has 0 amide bonds. The lowest BCUT2D eigenvalue weighted by Crippen LogP contribution is -2.59. The number of aliphatic hydroxyl groups excluding tert-OH is 1. The highest BCUT2D eigenvalue weighted by Crippen LogP contribution is 2.64. The first-order valence-electron chi connectivity index (χ1n) is 9.62. The minimum Gasteiger partial charge on any atom is -0.385 e. The van der Waals surface area contributed by atoms with Gasteiger partial charge in [-0.3, -0.25) is 9.59 Å². The molecule has 3 nitrogen and oxygen atoms in total. The smallest absolute Gasteiger partial charge is 0.161 e. The maximum atomic E-state index is 12.6. The Bertz CT molecular complexity index is 541. The van der Waals surface area contributed by atoms with Crippen molar-refractivity contribution in [3.63, 3.8) is 0 Å². The first kappa shape index (κ1) is 15.8. The second-order valence-electron chi connectivity index (χ2n) is 9.25. The summed E-state index contributed by atoms with van der Waals surface area (Å²) in [6, 6.07) is 0. The minimum absolute atomic E-state index is 0.0550. The molecule has 128 valence electrons. The van der Waals surface area contributed by atoms with Gasteiger partial charge in [-0.05, 0) is 74.0 Å². The number of Topliss-reactive ketones (excluding diaryl/α,β-unsaturated/α-hetero) is 2. The molecule has 0 spiro atoms. The molecule has 0 aliphatic heterocycles. The van der Waals surface area contributed by atoms with Gasteiger partial charge >= 0.3 is 0 Å². The third kappa shape index (κ3) is 2.04. The van der Waals surface area contributed by atoms with Crippen molar-refractivity contribution in [3.8, 4) is 0 Å². The molecule has 4 fully saturated rings. The van der Waals surface area contributed by atoms with E-state index in [1.54, 1.807) is 0 Å².